The van der Waals surface area contributed by atoms with Gasteiger partial charge in [-0.3, -0.25) is 0 Å². The summed E-state index contributed by atoms with van der Waals surface area (Å²) in [6.07, 6.45) is -0.775. The molecule has 0 fully saturated rings. The van der Waals surface area contributed by atoms with Crippen molar-refractivity contribution in [3.63, 3.8) is 0 Å². The SMILES string of the molecule is CO[Si](OC)(OC(C)C)C(F)(F)N(F)c1cccc(F)c1F. The van der Waals surface area contributed by atoms with E-state index in [-0.39, 0.29) is 0 Å². The van der Waals surface area contributed by atoms with Crippen LogP contribution in [0.5, 0.6) is 0 Å². The van der Waals surface area contributed by atoms with Gasteiger partial charge >= 0.3 is 14.5 Å². The molecule has 0 atom stereocenters. The molecule has 4 nitrogen and oxygen atoms in total. The van der Waals surface area contributed by atoms with Gasteiger partial charge in [0.25, 0.3) is 0 Å². The number of nitrogens with zero attached hydrogens (tertiary/aromatic N) is 1. The largest absolute Gasteiger partial charge is 0.602 e. The van der Waals surface area contributed by atoms with Crippen LogP contribution < -0.4 is 5.12 Å². The zero-order valence-corrected chi connectivity index (χ0v) is 13.4. The highest BCUT2D eigenvalue weighted by molar-refractivity contribution is 6.63. The molecular formula is C12H16F5NO3Si. The lowest BCUT2D eigenvalue weighted by atomic mass is 10.3. The van der Waals surface area contributed by atoms with Crippen LogP contribution in [0, 0.1) is 11.6 Å². The van der Waals surface area contributed by atoms with Crippen molar-refractivity contribution in [3.05, 3.63) is 29.8 Å². The van der Waals surface area contributed by atoms with Gasteiger partial charge in [0.15, 0.2) is 11.6 Å². The normalized spacial score (nSPS) is 12.8. The van der Waals surface area contributed by atoms with Crippen LogP contribution in [0.15, 0.2) is 18.2 Å². The van der Waals surface area contributed by atoms with Crippen LogP contribution >= 0.6 is 0 Å². The van der Waals surface area contributed by atoms with Gasteiger partial charge in [-0.25, -0.2) is 8.78 Å². The van der Waals surface area contributed by atoms with Crippen LogP contribution in [0.1, 0.15) is 13.8 Å². The second kappa shape index (κ2) is 6.90. The van der Waals surface area contributed by atoms with E-state index in [0.717, 1.165) is 20.3 Å². The third-order valence-electron chi connectivity index (χ3n) is 2.69. The van der Waals surface area contributed by atoms with E-state index in [1.165, 1.54) is 13.8 Å². The Morgan fingerprint density at radius 1 is 1.14 bits per heavy atom. The predicted octanol–water partition coefficient (Wildman–Crippen LogP) is 3.44. The highest BCUT2D eigenvalue weighted by atomic mass is 28.4. The van der Waals surface area contributed by atoms with Gasteiger partial charge in [-0.15, -0.1) is 5.12 Å². The van der Waals surface area contributed by atoms with Crippen molar-refractivity contribution in [2.24, 2.45) is 0 Å². The minimum atomic E-state index is -4.89. The van der Waals surface area contributed by atoms with Gasteiger partial charge in [-0.2, -0.15) is 8.78 Å². The van der Waals surface area contributed by atoms with Gasteiger partial charge in [0.05, 0.1) is 0 Å². The Bertz CT molecular complexity index is 514. The van der Waals surface area contributed by atoms with Crippen molar-refractivity contribution in [2.45, 2.75) is 25.6 Å². The Labute approximate surface area is 125 Å². The summed E-state index contributed by atoms with van der Waals surface area (Å²) in [5.41, 5.74) is -5.77. The number of halogens is 5. The maximum atomic E-state index is 14.4. The van der Waals surface area contributed by atoms with E-state index < -0.39 is 43.0 Å². The molecule has 0 unspecified atom stereocenters. The molecule has 0 N–H and O–H groups in total. The first-order valence-corrected chi connectivity index (χ1v) is 7.91. The lowest BCUT2D eigenvalue weighted by molar-refractivity contribution is -0.0719. The Hall–Kier alpha value is -1.23. The molecule has 0 bridgehead atoms. The topological polar surface area (TPSA) is 30.9 Å². The van der Waals surface area contributed by atoms with Crippen LogP contribution in [-0.2, 0) is 13.3 Å². The Morgan fingerprint density at radius 2 is 1.68 bits per heavy atom. The summed E-state index contributed by atoms with van der Waals surface area (Å²) in [6.45, 7) is 2.84. The van der Waals surface area contributed by atoms with E-state index in [1.54, 1.807) is 0 Å². The molecule has 1 rings (SSSR count). The van der Waals surface area contributed by atoms with Crippen molar-refractivity contribution < 1.29 is 35.3 Å². The molecular weight excluding hydrogens is 329 g/mol. The number of alkyl halides is 2. The molecule has 0 saturated heterocycles. The second-order valence-corrected chi connectivity index (χ2v) is 7.29. The minimum Gasteiger partial charge on any atom is -0.372 e. The molecule has 10 heteroatoms. The second-order valence-electron chi connectivity index (χ2n) is 4.53. The first-order valence-electron chi connectivity index (χ1n) is 6.19. The Balaban J connectivity index is 3.32. The summed E-state index contributed by atoms with van der Waals surface area (Å²) >= 11 is 0. The third-order valence-corrected chi connectivity index (χ3v) is 5.48. The smallest absolute Gasteiger partial charge is 0.372 e. The van der Waals surface area contributed by atoms with Gasteiger partial charge in [0.2, 0.25) is 0 Å². The van der Waals surface area contributed by atoms with Crippen LogP contribution in [0.25, 0.3) is 0 Å². The number of anilines is 1. The molecule has 0 aliphatic carbocycles. The molecule has 0 spiro atoms. The zero-order valence-electron chi connectivity index (χ0n) is 12.4. The van der Waals surface area contributed by atoms with Gasteiger partial charge in [-0.05, 0) is 26.0 Å². The van der Waals surface area contributed by atoms with E-state index in [1.807, 2.05) is 0 Å². The molecule has 1 aromatic carbocycles. The molecule has 0 aliphatic rings. The summed E-state index contributed by atoms with van der Waals surface area (Å²) in [4.78, 5) is 0. The molecule has 0 saturated carbocycles. The summed E-state index contributed by atoms with van der Waals surface area (Å²) in [7, 11) is -3.17. The molecule has 22 heavy (non-hydrogen) atoms. The third kappa shape index (κ3) is 3.24. The van der Waals surface area contributed by atoms with Crippen molar-refractivity contribution in [1.82, 2.24) is 0 Å². The van der Waals surface area contributed by atoms with Gasteiger partial charge < -0.3 is 13.3 Å². The summed E-state index contributed by atoms with van der Waals surface area (Å²) in [5, 5.41) is -1.23. The molecule has 126 valence electrons. The summed E-state index contributed by atoms with van der Waals surface area (Å²) in [5.74, 6) is -3.23. The van der Waals surface area contributed by atoms with Gasteiger partial charge in [0, 0.05) is 20.3 Å². The average molecular weight is 345 g/mol. The van der Waals surface area contributed by atoms with Crippen LogP contribution in [0.4, 0.5) is 27.7 Å². The first kappa shape index (κ1) is 18.8. The van der Waals surface area contributed by atoms with Crippen LogP contribution in [-0.4, -0.2) is 34.8 Å². The van der Waals surface area contributed by atoms with Gasteiger partial charge in [-0.1, -0.05) is 10.5 Å². The number of hydrogen-bond donors (Lipinski definition) is 0. The van der Waals surface area contributed by atoms with Crippen molar-refractivity contribution in [3.8, 4) is 0 Å². The van der Waals surface area contributed by atoms with Crippen molar-refractivity contribution in [2.75, 3.05) is 19.3 Å². The Kier molecular flexibility index (Phi) is 5.90. The van der Waals surface area contributed by atoms with Crippen LogP contribution in [0.3, 0.4) is 0 Å². The summed E-state index contributed by atoms with van der Waals surface area (Å²) in [6, 6.07) is 2.22. The minimum absolute atomic E-state index is 0.659. The highest BCUT2D eigenvalue weighted by Crippen LogP contribution is 2.38. The fourth-order valence-corrected chi connectivity index (χ4v) is 3.70. The summed E-state index contributed by atoms with van der Waals surface area (Å²) < 4.78 is 83.9. The lowest BCUT2D eigenvalue weighted by Gasteiger charge is -2.36. The lowest BCUT2D eigenvalue weighted by Crippen LogP contribution is -2.66. The fourth-order valence-electron chi connectivity index (χ4n) is 1.72. The maximum absolute atomic E-state index is 14.4. The van der Waals surface area contributed by atoms with Crippen molar-refractivity contribution in [1.29, 1.82) is 0 Å². The maximum Gasteiger partial charge on any atom is 0.602 e. The number of benzene rings is 1. The Morgan fingerprint density at radius 3 is 2.14 bits per heavy atom. The molecule has 0 amide bonds. The molecule has 0 radical (unpaired) electrons. The fraction of sp³-hybridized carbons (Fsp3) is 0.500. The predicted molar refractivity (Wildman–Crippen MR) is 70.9 cm³/mol. The van der Waals surface area contributed by atoms with E-state index in [9.17, 15) is 22.0 Å². The highest BCUT2D eigenvalue weighted by Gasteiger charge is 2.69. The standard InChI is InChI=1S/C12H16F5NO3Si/c1-8(2)21-22(19-3,20-4)12(15,16)18(17)10-7-5-6-9(13)11(10)14/h5-8H,1-4H3. The van der Waals surface area contributed by atoms with Gasteiger partial charge in [0.1, 0.15) is 5.69 Å². The van der Waals surface area contributed by atoms with E-state index in [2.05, 4.69) is 8.85 Å². The monoisotopic (exact) mass is 345 g/mol. The molecule has 0 aliphatic heterocycles. The van der Waals surface area contributed by atoms with E-state index in [4.69, 9.17) is 4.43 Å². The van der Waals surface area contributed by atoms with E-state index >= 15 is 0 Å². The van der Waals surface area contributed by atoms with E-state index in [0.29, 0.717) is 12.1 Å². The van der Waals surface area contributed by atoms with Crippen molar-refractivity contribution >= 4 is 14.5 Å². The molecule has 0 heterocycles. The average Bonchev–Trinajstić information content (AvgIpc) is 2.46. The first-order chi connectivity index (χ1) is 10.1. The number of rotatable bonds is 7. The zero-order chi connectivity index (χ0) is 17.1. The van der Waals surface area contributed by atoms with Crippen LogP contribution in [0.2, 0.25) is 0 Å². The molecule has 0 aromatic heterocycles. The molecule has 1 aromatic rings. The number of hydrogen-bond acceptors (Lipinski definition) is 4. The quantitative estimate of drug-likeness (QED) is 0.328.